The maximum Gasteiger partial charge on any atom is -0.00181 e. The Balaban J connectivity index is 1.97. The van der Waals surface area contributed by atoms with Crippen molar-refractivity contribution in [1.29, 1.82) is 0 Å². The first-order valence-corrected chi connectivity index (χ1v) is 4.97. The van der Waals surface area contributed by atoms with Crippen LogP contribution in [0.25, 0.3) is 0 Å². The second-order valence-electron chi connectivity index (χ2n) is 4.30. The second kappa shape index (κ2) is 2.12. The van der Waals surface area contributed by atoms with E-state index in [0.717, 1.165) is 5.92 Å². The summed E-state index contributed by atoms with van der Waals surface area (Å²) in [5.74, 6) is 1.04. The van der Waals surface area contributed by atoms with Crippen LogP contribution in [0.15, 0.2) is 30.3 Å². The molecule has 0 radical (unpaired) electrons. The highest BCUT2D eigenvalue weighted by molar-refractivity contribution is 5.33. The van der Waals surface area contributed by atoms with Crippen molar-refractivity contribution in [3.8, 4) is 0 Å². The van der Waals surface area contributed by atoms with Crippen molar-refractivity contribution in [3.63, 3.8) is 0 Å². The van der Waals surface area contributed by atoms with E-state index in [2.05, 4.69) is 30.3 Å². The zero-order chi connectivity index (χ0) is 8.02. The standard InChI is InChI=1S/C12H14/c1-2-4-10(5-3-1)12(8-9-12)11-6-7-11/h1-5,11H,6-9H2. The van der Waals surface area contributed by atoms with Crippen LogP contribution >= 0.6 is 0 Å². The summed E-state index contributed by atoms with van der Waals surface area (Å²) < 4.78 is 0. The van der Waals surface area contributed by atoms with Gasteiger partial charge in [-0.05, 0) is 42.6 Å². The normalized spacial score (nSPS) is 25.3. The SMILES string of the molecule is c1ccc(C2(C3CC3)CC2)cc1. The molecule has 1 aromatic carbocycles. The van der Waals surface area contributed by atoms with Crippen molar-refractivity contribution in [2.45, 2.75) is 31.1 Å². The zero-order valence-electron chi connectivity index (χ0n) is 7.29. The van der Waals surface area contributed by atoms with Gasteiger partial charge >= 0.3 is 0 Å². The molecule has 0 spiro atoms. The minimum atomic E-state index is 0.654. The van der Waals surface area contributed by atoms with Gasteiger partial charge in [0.15, 0.2) is 0 Å². The molecule has 0 atom stereocenters. The van der Waals surface area contributed by atoms with E-state index in [1.165, 1.54) is 25.7 Å². The van der Waals surface area contributed by atoms with Gasteiger partial charge in [-0.1, -0.05) is 30.3 Å². The Kier molecular flexibility index (Phi) is 1.19. The Morgan fingerprint density at radius 3 is 2.17 bits per heavy atom. The molecule has 0 N–H and O–H groups in total. The zero-order valence-corrected chi connectivity index (χ0v) is 7.29. The first-order chi connectivity index (χ1) is 5.92. The quantitative estimate of drug-likeness (QED) is 0.620. The van der Waals surface area contributed by atoms with Crippen LogP contribution in [-0.2, 0) is 5.41 Å². The van der Waals surface area contributed by atoms with Crippen LogP contribution in [0, 0.1) is 5.92 Å². The highest BCUT2D eigenvalue weighted by atomic mass is 14.6. The van der Waals surface area contributed by atoms with E-state index in [1.54, 1.807) is 5.56 Å². The van der Waals surface area contributed by atoms with Crippen molar-refractivity contribution >= 4 is 0 Å². The highest BCUT2D eigenvalue weighted by Gasteiger charge is 2.54. The van der Waals surface area contributed by atoms with Gasteiger partial charge in [0.1, 0.15) is 0 Å². The minimum Gasteiger partial charge on any atom is -0.0622 e. The molecule has 3 rings (SSSR count). The second-order valence-corrected chi connectivity index (χ2v) is 4.30. The lowest BCUT2D eigenvalue weighted by Gasteiger charge is -2.13. The van der Waals surface area contributed by atoms with Crippen LogP contribution in [0.4, 0.5) is 0 Å². The summed E-state index contributed by atoms with van der Waals surface area (Å²) in [6.07, 6.45) is 5.85. The summed E-state index contributed by atoms with van der Waals surface area (Å²) in [7, 11) is 0. The molecular formula is C12H14. The van der Waals surface area contributed by atoms with Crippen LogP contribution in [-0.4, -0.2) is 0 Å². The number of benzene rings is 1. The molecule has 0 aromatic heterocycles. The molecule has 0 heterocycles. The average Bonchev–Trinajstić information content (AvgIpc) is 2.99. The van der Waals surface area contributed by atoms with Crippen molar-refractivity contribution in [3.05, 3.63) is 35.9 Å². The van der Waals surface area contributed by atoms with Crippen molar-refractivity contribution in [2.24, 2.45) is 5.92 Å². The molecule has 62 valence electrons. The summed E-state index contributed by atoms with van der Waals surface area (Å²) in [4.78, 5) is 0. The van der Waals surface area contributed by atoms with Gasteiger partial charge in [0.2, 0.25) is 0 Å². The lowest BCUT2D eigenvalue weighted by Crippen LogP contribution is -2.08. The fourth-order valence-corrected chi connectivity index (χ4v) is 2.47. The van der Waals surface area contributed by atoms with Gasteiger partial charge in [-0.25, -0.2) is 0 Å². The molecule has 0 bridgehead atoms. The first kappa shape index (κ1) is 6.71. The number of rotatable bonds is 2. The molecular weight excluding hydrogens is 144 g/mol. The fraction of sp³-hybridized carbons (Fsp3) is 0.500. The van der Waals surface area contributed by atoms with E-state index in [1.807, 2.05) is 0 Å². The van der Waals surface area contributed by atoms with Crippen LogP contribution in [0.3, 0.4) is 0 Å². The Hall–Kier alpha value is -0.780. The lowest BCUT2D eigenvalue weighted by molar-refractivity contribution is 0.597. The van der Waals surface area contributed by atoms with Crippen molar-refractivity contribution in [1.82, 2.24) is 0 Å². The maximum absolute atomic E-state index is 2.31. The molecule has 0 nitrogen and oxygen atoms in total. The molecule has 2 aliphatic carbocycles. The Morgan fingerprint density at radius 1 is 1.00 bits per heavy atom. The third-order valence-corrected chi connectivity index (χ3v) is 3.50. The van der Waals surface area contributed by atoms with Crippen LogP contribution in [0.1, 0.15) is 31.2 Å². The molecule has 1 aromatic rings. The smallest absolute Gasteiger partial charge is 0.00181 e. The highest BCUT2D eigenvalue weighted by Crippen LogP contribution is 2.62. The van der Waals surface area contributed by atoms with E-state index < -0.39 is 0 Å². The van der Waals surface area contributed by atoms with E-state index in [9.17, 15) is 0 Å². The summed E-state index contributed by atoms with van der Waals surface area (Å²) >= 11 is 0. The van der Waals surface area contributed by atoms with E-state index >= 15 is 0 Å². The average molecular weight is 158 g/mol. The Bertz CT molecular complexity index is 278. The van der Waals surface area contributed by atoms with Crippen LogP contribution in [0.2, 0.25) is 0 Å². The Morgan fingerprint density at radius 2 is 1.67 bits per heavy atom. The molecule has 2 saturated carbocycles. The summed E-state index contributed by atoms with van der Waals surface area (Å²) in [5, 5.41) is 0. The monoisotopic (exact) mass is 158 g/mol. The lowest BCUT2D eigenvalue weighted by atomic mass is 9.91. The van der Waals surface area contributed by atoms with Gasteiger partial charge in [0.25, 0.3) is 0 Å². The minimum absolute atomic E-state index is 0.654. The summed E-state index contributed by atoms with van der Waals surface area (Å²) in [6.45, 7) is 0. The van der Waals surface area contributed by atoms with Gasteiger partial charge in [-0.15, -0.1) is 0 Å². The molecule has 0 aliphatic heterocycles. The van der Waals surface area contributed by atoms with E-state index in [-0.39, 0.29) is 0 Å². The van der Waals surface area contributed by atoms with Gasteiger partial charge in [0, 0.05) is 0 Å². The third kappa shape index (κ3) is 0.841. The van der Waals surface area contributed by atoms with Gasteiger partial charge in [0.05, 0.1) is 0 Å². The van der Waals surface area contributed by atoms with Gasteiger partial charge < -0.3 is 0 Å². The predicted molar refractivity (Wildman–Crippen MR) is 50.1 cm³/mol. The van der Waals surface area contributed by atoms with Gasteiger partial charge in [-0.3, -0.25) is 0 Å². The predicted octanol–water partition coefficient (Wildman–Crippen LogP) is 3.13. The molecule has 0 saturated heterocycles. The third-order valence-electron chi connectivity index (χ3n) is 3.50. The van der Waals surface area contributed by atoms with E-state index in [4.69, 9.17) is 0 Å². The molecule has 12 heavy (non-hydrogen) atoms. The molecule has 2 aliphatic rings. The molecule has 0 unspecified atom stereocenters. The molecule has 0 amide bonds. The Labute approximate surface area is 73.6 Å². The van der Waals surface area contributed by atoms with Crippen LogP contribution < -0.4 is 0 Å². The van der Waals surface area contributed by atoms with Crippen LogP contribution in [0.5, 0.6) is 0 Å². The van der Waals surface area contributed by atoms with Crippen molar-refractivity contribution < 1.29 is 0 Å². The van der Waals surface area contributed by atoms with E-state index in [0.29, 0.717) is 5.41 Å². The number of hydrogen-bond acceptors (Lipinski definition) is 0. The maximum atomic E-state index is 2.31. The molecule has 0 heteroatoms. The first-order valence-electron chi connectivity index (χ1n) is 4.97. The molecule has 2 fully saturated rings. The fourth-order valence-electron chi connectivity index (χ4n) is 2.47. The topological polar surface area (TPSA) is 0 Å². The van der Waals surface area contributed by atoms with Gasteiger partial charge in [-0.2, -0.15) is 0 Å². The number of hydrogen-bond donors (Lipinski definition) is 0. The summed E-state index contributed by atoms with van der Waals surface area (Å²) in [5.41, 5.74) is 2.26. The largest absolute Gasteiger partial charge is 0.0622 e. The van der Waals surface area contributed by atoms with Crippen molar-refractivity contribution in [2.75, 3.05) is 0 Å². The summed E-state index contributed by atoms with van der Waals surface area (Å²) in [6, 6.07) is 11.1.